The van der Waals surface area contributed by atoms with Crippen LogP contribution >= 0.6 is 0 Å². The van der Waals surface area contributed by atoms with E-state index in [9.17, 15) is 0 Å². The molecule has 0 radical (unpaired) electrons. The Kier molecular flexibility index (Phi) is 2.23. The molecule has 0 aliphatic carbocycles. The predicted octanol–water partition coefficient (Wildman–Crippen LogP) is 2.36. The first kappa shape index (κ1) is 10.1. The van der Waals surface area contributed by atoms with E-state index in [1.54, 1.807) is 0 Å². The first-order chi connectivity index (χ1) is 8.28. The van der Waals surface area contributed by atoms with Crippen LogP contribution in [0.15, 0.2) is 41.1 Å². The lowest BCUT2D eigenvalue weighted by Gasteiger charge is -2.01. The highest BCUT2D eigenvalue weighted by atomic mass is 16.3. The van der Waals surface area contributed by atoms with Crippen molar-refractivity contribution >= 4 is 5.52 Å². The van der Waals surface area contributed by atoms with Crippen LogP contribution in [0.4, 0.5) is 0 Å². The lowest BCUT2D eigenvalue weighted by atomic mass is 10.2. The van der Waals surface area contributed by atoms with Crippen LogP contribution in [0.3, 0.4) is 0 Å². The zero-order chi connectivity index (χ0) is 11.8. The minimum absolute atomic E-state index is 0.519. The van der Waals surface area contributed by atoms with E-state index in [0.29, 0.717) is 6.54 Å². The van der Waals surface area contributed by atoms with Crippen LogP contribution in [-0.2, 0) is 6.54 Å². The highest BCUT2D eigenvalue weighted by molar-refractivity contribution is 5.58. The minimum atomic E-state index is 0.519. The number of hydrogen-bond donors (Lipinski definition) is 1. The van der Waals surface area contributed by atoms with Gasteiger partial charge in [0.15, 0.2) is 11.6 Å². The van der Waals surface area contributed by atoms with Crippen LogP contribution in [0, 0.1) is 6.92 Å². The van der Waals surface area contributed by atoms with E-state index >= 15 is 0 Å². The molecular formula is C13H13N3O. The van der Waals surface area contributed by atoms with Gasteiger partial charge in [-0.25, -0.2) is 4.98 Å². The zero-order valence-corrected chi connectivity index (χ0v) is 9.55. The molecule has 2 N–H and O–H groups in total. The second-order valence-electron chi connectivity index (χ2n) is 4.03. The predicted molar refractivity (Wildman–Crippen MR) is 65.5 cm³/mol. The van der Waals surface area contributed by atoms with Crippen molar-refractivity contribution < 1.29 is 4.42 Å². The smallest absolute Gasteiger partial charge is 0.180 e. The van der Waals surface area contributed by atoms with Gasteiger partial charge in [0.25, 0.3) is 0 Å². The van der Waals surface area contributed by atoms with Crippen LogP contribution in [0.1, 0.15) is 11.3 Å². The normalized spacial score (nSPS) is 11.2. The van der Waals surface area contributed by atoms with E-state index in [4.69, 9.17) is 10.2 Å². The number of fused-ring (bicyclic) bond motifs is 1. The maximum absolute atomic E-state index is 5.65. The fourth-order valence-corrected chi connectivity index (χ4v) is 1.89. The van der Waals surface area contributed by atoms with Crippen molar-refractivity contribution in [3.05, 3.63) is 48.0 Å². The maximum atomic E-state index is 5.65. The molecule has 86 valence electrons. The summed E-state index contributed by atoms with van der Waals surface area (Å²) in [6, 6.07) is 7.88. The Morgan fingerprint density at radius 2 is 2.18 bits per heavy atom. The SMILES string of the molecule is Cc1ccc(-c2ncc3ccc(CN)cn23)o1. The van der Waals surface area contributed by atoms with Gasteiger partial charge in [0.05, 0.1) is 11.7 Å². The third-order valence-electron chi connectivity index (χ3n) is 2.79. The summed E-state index contributed by atoms with van der Waals surface area (Å²) < 4.78 is 7.60. The summed E-state index contributed by atoms with van der Waals surface area (Å²) in [6.07, 6.45) is 3.82. The van der Waals surface area contributed by atoms with E-state index in [1.807, 2.05) is 48.0 Å². The molecule has 0 spiro atoms. The number of furan rings is 1. The number of pyridine rings is 1. The molecule has 0 unspecified atom stereocenters. The van der Waals surface area contributed by atoms with Crippen LogP contribution in [0.5, 0.6) is 0 Å². The van der Waals surface area contributed by atoms with E-state index in [-0.39, 0.29) is 0 Å². The van der Waals surface area contributed by atoms with Crippen molar-refractivity contribution in [2.75, 3.05) is 0 Å². The van der Waals surface area contributed by atoms with Crippen LogP contribution in [-0.4, -0.2) is 9.38 Å². The quantitative estimate of drug-likeness (QED) is 0.731. The zero-order valence-electron chi connectivity index (χ0n) is 9.55. The molecule has 0 bridgehead atoms. The number of aromatic nitrogens is 2. The molecule has 4 heteroatoms. The fourth-order valence-electron chi connectivity index (χ4n) is 1.89. The van der Waals surface area contributed by atoms with Gasteiger partial charge < -0.3 is 10.2 Å². The molecule has 0 aliphatic rings. The van der Waals surface area contributed by atoms with Gasteiger partial charge in [0, 0.05) is 12.7 Å². The molecule has 3 aromatic rings. The molecule has 3 heterocycles. The highest BCUT2D eigenvalue weighted by Crippen LogP contribution is 2.22. The molecule has 0 aliphatic heterocycles. The summed E-state index contributed by atoms with van der Waals surface area (Å²) in [5, 5.41) is 0. The van der Waals surface area contributed by atoms with Crippen molar-refractivity contribution in [1.29, 1.82) is 0 Å². The molecule has 3 aromatic heterocycles. The summed E-state index contributed by atoms with van der Waals surface area (Å²) in [5.74, 6) is 2.46. The number of aryl methyl sites for hydroxylation is 1. The summed E-state index contributed by atoms with van der Waals surface area (Å²) >= 11 is 0. The van der Waals surface area contributed by atoms with Crippen molar-refractivity contribution in [2.24, 2.45) is 5.73 Å². The van der Waals surface area contributed by atoms with Gasteiger partial charge in [0.1, 0.15) is 5.76 Å². The van der Waals surface area contributed by atoms with E-state index in [2.05, 4.69) is 4.98 Å². The average molecular weight is 227 g/mol. The second-order valence-corrected chi connectivity index (χ2v) is 4.03. The molecule has 0 amide bonds. The van der Waals surface area contributed by atoms with Gasteiger partial charge in [0.2, 0.25) is 0 Å². The number of hydrogen-bond acceptors (Lipinski definition) is 3. The van der Waals surface area contributed by atoms with Crippen molar-refractivity contribution in [3.8, 4) is 11.6 Å². The monoisotopic (exact) mass is 227 g/mol. The van der Waals surface area contributed by atoms with Crippen LogP contribution < -0.4 is 5.73 Å². The summed E-state index contributed by atoms with van der Waals surface area (Å²) in [5.41, 5.74) is 7.75. The number of nitrogens with zero attached hydrogens (tertiary/aromatic N) is 2. The first-order valence-corrected chi connectivity index (χ1v) is 5.51. The Bertz CT molecular complexity index is 666. The lowest BCUT2D eigenvalue weighted by Crippen LogP contribution is -1.98. The van der Waals surface area contributed by atoms with Gasteiger partial charge in [-0.1, -0.05) is 6.07 Å². The molecule has 17 heavy (non-hydrogen) atoms. The second kappa shape index (κ2) is 3.75. The minimum Gasteiger partial charge on any atom is -0.458 e. The van der Waals surface area contributed by atoms with Crippen molar-refractivity contribution in [3.63, 3.8) is 0 Å². The van der Waals surface area contributed by atoms with E-state index in [1.165, 1.54) is 0 Å². The third kappa shape index (κ3) is 1.62. The molecule has 0 aromatic carbocycles. The summed E-state index contributed by atoms with van der Waals surface area (Å²) in [6.45, 7) is 2.44. The van der Waals surface area contributed by atoms with Gasteiger partial charge in [-0.05, 0) is 30.7 Å². The molecule has 0 fully saturated rings. The van der Waals surface area contributed by atoms with Crippen LogP contribution in [0.2, 0.25) is 0 Å². The van der Waals surface area contributed by atoms with Crippen LogP contribution in [0.25, 0.3) is 17.1 Å². The van der Waals surface area contributed by atoms with Crippen molar-refractivity contribution in [2.45, 2.75) is 13.5 Å². The maximum Gasteiger partial charge on any atom is 0.180 e. The molecule has 3 rings (SSSR count). The topological polar surface area (TPSA) is 56.5 Å². The average Bonchev–Trinajstić information content (AvgIpc) is 2.93. The Hall–Kier alpha value is -2.07. The van der Waals surface area contributed by atoms with E-state index in [0.717, 1.165) is 28.4 Å². The molecular weight excluding hydrogens is 214 g/mol. The fraction of sp³-hybridized carbons (Fsp3) is 0.154. The van der Waals surface area contributed by atoms with Gasteiger partial charge >= 0.3 is 0 Å². The molecule has 0 saturated heterocycles. The van der Waals surface area contributed by atoms with Gasteiger partial charge in [-0.2, -0.15) is 0 Å². The molecule has 4 nitrogen and oxygen atoms in total. The Balaban J connectivity index is 2.22. The summed E-state index contributed by atoms with van der Waals surface area (Å²) in [7, 11) is 0. The molecule has 0 saturated carbocycles. The third-order valence-corrected chi connectivity index (χ3v) is 2.79. The van der Waals surface area contributed by atoms with Gasteiger partial charge in [-0.3, -0.25) is 4.40 Å². The standard InChI is InChI=1S/C13H13N3O/c1-9-2-5-12(17-9)13-15-7-11-4-3-10(6-14)8-16(11)13/h2-5,7-8H,6,14H2,1H3. The Morgan fingerprint density at radius 3 is 2.88 bits per heavy atom. The Labute approximate surface area is 98.7 Å². The largest absolute Gasteiger partial charge is 0.458 e. The first-order valence-electron chi connectivity index (χ1n) is 5.51. The molecule has 0 atom stereocenters. The summed E-state index contributed by atoms with van der Waals surface area (Å²) in [4.78, 5) is 4.38. The lowest BCUT2D eigenvalue weighted by molar-refractivity contribution is 0.544. The number of rotatable bonds is 2. The highest BCUT2D eigenvalue weighted by Gasteiger charge is 2.09. The van der Waals surface area contributed by atoms with Gasteiger partial charge in [-0.15, -0.1) is 0 Å². The van der Waals surface area contributed by atoms with E-state index < -0.39 is 0 Å². The number of imidazole rings is 1. The number of nitrogens with two attached hydrogens (primary N) is 1. The Morgan fingerprint density at radius 1 is 1.29 bits per heavy atom. The van der Waals surface area contributed by atoms with Crippen molar-refractivity contribution in [1.82, 2.24) is 9.38 Å².